The summed E-state index contributed by atoms with van der Waals surface area (Å²) in [6.07, 6.45) is 9.99. The number of rotatable bonds is 7. The Hall–Kier alpha value is -1.95. The van der Waals surface area contributed by atoms with E-state index in [0.29, 0.717) is 11.3 Å². The van der Waals surface area contributed by atoms with Gasteiger partial charge in [-0.05, 0) is 112 Å². The number of hydrogen-bond acceptors (Lipinski definition) is 4. The van der Waals surface area contributed by atoms with Crippen molar-refractivity contribution >= 4 is 0 Å². The van der Waals surface area contributed by atoms with Gasteiger partial charge in [-0.1, -0.05) is 19.1 Å². The number of halogens is 1. The van der Waals surface area contributed by atoms with Crippen molar-refractivity contribution in [2.45, 2.75) is 70.7 Å². The van der Waals surface area contributed by atoms with Crippen molar-refractivity contribution in [1.82, 2.24) is 4.90 Å². The molecule has 0 amide bonds. The Morgan fingerprint density at radius 2 is 1.88 bits per heavy atom. The maximum absolute atomic E-state index is 13.1. The van der Waals surface area contributed by atoms with Crippen molar-refractivity contribution in [2.24, 2.45) is 17.8 Å². The van der Waals surface area contributed by atoms with Crippen molar-refractivity contribution in [3.05, 3.63) is 70.3 Å². The van der Waals surface area contributed by atoms with Crippen molar-refractivity contribution < 1.29 is 19.3 Å². The molecule has 2 unspecified atom stereocenters. The zero-order valence-electron chi connectivity index (χ0n) is 20.7. The molecule has 0 spiro atoms. The van der Waals surface area contributed by atoms with Crippen LogP contribution in [-0.2, 0) is 11.2 Å². The molecule has 2 heterocycles. The molecular formula is C29H38FNO3. The highest BCUT2D eigenvalue weighted by atomic mass is 19.1. The fraction of sp³-hybridized carbons (Fsp3) is 0.586. The van der Waals surface area contributed by atoms with Crippen molar-refractivity contribution in [3.63, 3.8) is 0 Å². The average Bonchev–Trinajstić information content (AvgIpc) is 3.57. The third-order valence-electron chi connectivity index (χ3n) is 8.16. The second kappa shape index (κ2) is 8.92. The van der Waals surface area contributed by atoms with Crippen LogP contribution in [0.15, 0.2) is 58.9 Å². The van der Waals surface area contributed by atoms with Crippen molar-refractivity contribution in [1.29, 1.82) is 0 Å². The number of piperidine rings is 1. The fourth-order valence-electron chi connectivity index (χ4n) is 6.05. The summed E-state index contributed by atoms with van der Waals surface area (Å²) in [5.41, 5.74) is 3.36. The third kappa shape index (κ3) is 4.89. The van der Waals surface area contributed by atoms with E-state index in [4.69, 9.17) is 4.74 Å². The van der Waals surface area contributed by atoms with Gasteiger partial charge >= 0.3 is 0 Å². The zero-order chi connectivity index (χ0) is 24.1. The monoisotopic (exact) mass is 467 g/mol. The Morgan fingerprint density at radius 3 is 2.59 bits per heavy atom. The number of nitrogens with zero attached hydrogens (tertiary/aromatic N) is 1. The van der Waals surface area contributed by atoms with E-state index in [2.05, 4.69) is 25.7 Å². The number of likely N-dealkylation sites (tertiary alicyclic amines) is 1. The molecule has 0 radical (unpaired) electrons. The molecule has 34 heavy (non-hydrogen) atoms. The van der Waals surface area contributed by atoms with Gasteiger partial charge in [0.1, 0.15) is 17.2 Å². The smallest absolute Gasteiger partial charge is 0.214 e. The molecule has 5 rings (SSSR count). The molecule has 2 aliphatic carbocycles. The number of fused-ring (bicyclic) bond motifs is 2. The molecule has 0 bridgehead atoms. The van der Waals surface area contributed by atoms with Crippen LogP contribution in [0.25, 0.3) is 0 Å². The minimum absolute atomic E-state index is 0.153. The predicted molar refractivity (Wildman–Crippen MR) is 131 cm³/mol. The number of ether oxygens (including phenoxy) is 1. The SMILES string of the molecule is CC(CCCc1ccc(F)cc1)C1=CC(O)(O)C2=C3CN(CC4CC4)CCC3C(C)(C)OC2=C1. The van der Waals surface area contributed by atoms with E-state index < -0.39 is 5.79 Å². The summed E-state index contributed by atoms with van der Waals surface area (Å²) in [6, 6.07) is 6.66. The molecule has 2 N–H and O–H groups in total. The predicted octanol–water partition coefficient (Wildman–Crippen LogP) is 5.13. The highest BCUT2D eigenvalue weighted by molar-refractivity contribution is 5.52. The molecule has 0 aromatic heterocycles. The molecule has 5 heteroatoms. The highest BCUT2D eigenvalue weighted by Crippen LogP contribution is 2.49. The summed E-state index contributed by atoms with van der Waals surface area (Å²) in [5.74, 6) is -0.451. The van der Waals surface area contributed by atoms with Gasteiger partial charge in [0.2, 0.25) is 5.79 Å². The molecule has 4 aliphatic rings. The van der Waals surface area contributed by atoms with Crippen LogP contribution in [0.3, 0.4) is 0 Å². The summed E-state index contributed by atoms with van der Waals surface area (Å²) in [7, 11) is 0. The maximum Gasteiger partial charge on any atom is 0.214 e. The quantitative estimate of drug-likeness (QED) is 0.546. The van der Waals surface area contributed by atoms with Gasteiger partial charge in [-0.15, -0.1) is 0 Å². The lowest BCUT2D eigenvalue weighted by Crippen LogP contribution is -2.51. The molecule has 1 aromatic carbocycles. The van der Waals surface area contributed by atoms with E-state index in [1.54, 1.807) is 6.08 Å². The first-order valence-electron chi connectivity index (χ1n) is 12.9. The van der Waals surface area contributed by atoms with Gasteiger partial charge in [0.15, 0.2) is 0 Å². The minimum Gasteiger partial charge on any atom is -0.487 e. The molecule has 1 saturated carbocycles. The first kappa shape index (κ1) is 23.8. The number of allylic oxidation sites excluding steroid dienone is 2. The minimum atomic E-state index is -2.02. The second-order valence-electron chi connectivity index (χ2n) is 11.4. The van der Waals surface area contributed by atoms with Crippen LogP contribution in [0, 0.1) is 23.6 Å². The van der Waals surface area contributed by atoms with E-state index in [1.807, 2.05) is 18.2 Å². The third-order valence-corrected chi connectivity index (χ3v) is 8.16. The summed E-state index contributed by atoms with van der Waals surface area (Å²) < 4.78 is 19.6. The lowest BCUT2D eigenvalue weighted by atomic mass is 9.71. The molecule has 184 valence electrons. The van der Waals surface area contributed by atoms with E-state index in [1.165, 1.54) is 25.0 Å². The molecule has 1 saturated heterocycles. The Kier molecular flexibility index (Phi) is 6.24. The van der Waals surface area contributed by atoms with Gasteiger partial charge in [-0.3, -0.25) is 4.90 Å². The van der Waals surface area contributed by atoms with Crippen LogP contribution in [0.4, 0.5) is 4.39 Å². The fourth-order valence-corrected chi connectivity index (χ4v) is 6.05. The summed E-state index contributed by atoms with van der Waals surface area (Å²) in [4.78, 5) is 2.49. The van der Waals surface area contributed by atoms with Gasteiger partial charge in [0.05, 0.1) is 5.57 Å². The molecule has 1 aromatic rings. The van der Waals surface area contributed by atoms with Crippen molar-refractivity contribution in [2.75, 3.05) is 19.6 Å². The standard InChI is InChI=1S/C29H38FNO3/c1-19(5-4-6-20-9-11-23(30)12-10-20)22-15-26-27(29(32,33)16-22)24-18-31(17-21-7-8-21)14-13-25(24)28(2,3)34-26/h9-12,15-16,19,21,25,32-33H,4-8,13-14,17-18H2,1-3H3. The Morgan fingerprint density at radius 1 is 1.15 bits per heavy atom. The molecule has 4 nitrogen and oxygen atoms in total. The normalized spacial score (nSPS) is 26.7. The molecule has 2 atom stereocenters. The van der Waals surface area contributed by atoms with Crippen LogP contribution in [0.5, 0.6) is 0 Å². The number of hydrogen-bond donors (Lipinski definition) is 2. The number of aryl methyl sites for hydroxylation is 1. The Labute approximate surface area is 202 Å². The van der Waals surface area contributed by atoms with Crippen LogP contribution in [0.2, 0.25) is 0 Å². The van der Waals surface area contributed by atoms with Crippen LogP contribution in [-0.4, -0.2) is 46.1 Å². The molecule has 2 aliphatic heterocycles. The molecular weight excluding hydrogens is 429 g/mol. The first-order valence-corrected chi connectivity index (χ1v) is 12.9. The number of benzene rings is 1. The second-order valence-corrected chi connectivity index (χ2v) is 11.4. The lowest BCUT2D eigenvalue weighted by Gasteiger charge is -2.50. The maximum atomic E-state index is 13.1. The van der Waals surface area contributed by atoms with Gasteiger partial charge in [-0.25, -0.2) is 4.39 Å². The first-order chi connectivity index (χ1) is 16.1. The lowest BCUT2D eigenvalue weighted by molar-refractivity contribution is -0.108. The van der Waals surface area contributed by atoms with E-state index >= 15 is 0 Å². The van der Waals surface area contributed by atoms with Crippen LogP contribution >= 0.6 is 0 Å². The van der Waals surface area contributed by atoms with Crippen LogP contribution in [0.1, 0.15) is 58.4 Å². The highest BCUT2D eigenvalue weighted by Gasteiger charge is 2.49. The summed E-state index contributed by atoms with van der Waals surface area (Å²) >= 11 is 0. The van der Waals surface area contributed by atoms with Crippen molar-refractivity contribution in [3.8, 4) is 0 Å². The molecule has 2 fully saturated rings. The Balaban J connectivity index is 1.34. The zero-order valence-corrected chi connectivity index (χ0v) is 20.7. The van der Waals surface area contributed by atoms with Gasteiger partial charge in [0.25, 0.3) is 0 Å². The van der Waals surface area contributed by atoms with Gasteiger partial charge in [-0.2, -0.15) is 0 Å². The van der Waals surface area contributed by atoms with Crippen LogP contribution < -0.4 is 0 Å². The topological polar surface area (TPSA) is 52.9 Å². The Bertz CT molecular complexity index is 1020. The largest absolute Gasteiger partial charge is 0.487 e. The summed E-state index contributed by atoms with van der Waals surface area (Å²) in [6.45, 7) is 9.33. The van der Waals surface area contributed by atoms with Gasteiger partial charge in [0, 0.05) is 19.0 Å². The number of aliphatic hydroxyl groups is 2. The van der Waals surface area contributed by atoms with E-state index in [9.17, 15) is 14.6 Å². The average molecular weight is 468 g/mol. The van der Waals surface area contributed by atoms with E-state index in [0.717, 1.165) is 67.9 Å². The summed E-state index contributed by atoms with van der Waals surface area (Å²) in [5, 5.41) is 22.5. The van der Waals surface area contributed by atoms with Gasteiger partial charge < -0.3 is 14.9 Å². The van der Waals surface area contributed by atoms with E-state index in [-0.39, 0.29) is 23.3 Å².